The van der Waals surface area contributed by atoms with E-state index in [1.807, 2.05) is 13.8 Å². The summed E-state index contributed by atoms with van der Waals surface area (Å²) in [7, 11) is 0. The van der Waals surface area contributed by atoms with Crippen molar-refractivity contribution in [3.8, 4) is 0 Å². The third-order valence-corrected chi connectivity index (χ3v) is 7.17. The molecule has 0 aliphatic carbocycles. The Labute approximate surface area is 242 Å². The maximum atomic E-state index is 13.1. The van der Waals surface area contributed by atoms with Crippen LogP contribution in [-0.4, -0.2) is 66.2 Å². The van der Waals surface area contributed by atoms with Gasteiger partial charge >= 0.3 is 18.4 Å². The number of amides is 1. The molecule has 0 saturated carbocycles. The van der Waals surface area contributed by atoms with Gasteiger partial charge in [-0.15, -0.1) is 19.8 Å². The number of alkyl halides is 3. The first-order valence-electron chi connectivity index (χ1n) is 13.7. The summed E-state index contributed by atoms with van der Waals surface area (Å²) < 4.78 is 62.1. The van der Waals surface area contributed by atoms with Crippen LogP contribution in [0.4, 0.5) is 28.0 Å². The number of hydrogen-bond donors (Lipinski definition) is 1. The lowest BCUT2D eigenvalue weighted by molar-refractivity contribution is -0.306. The van der Waals surface area contributed by atoms with Gasteiger partial charge in [-0.05, 0) is 79.9 Å². The van der Waals surface area contributed by atoms with Crippen LogP contribution in [0.3, 0.4) is 0 Å². The number of pyridine rings is 1. The number of cyclic esters (lactones) is 1. The lowest BCUT2D eigenvalue weighted by Crippen LogP contribution is -2.55. The quantitative estimate of drug-likeness (QED) is 0.149. The van der Waals surface area contributed by atoms with Crippen molar-refractivity contribution >= 4 is 23.8 Å². The third-order valence-electron chi connectivity index (χ3n) is 7.17. The molecule has 42 heavy (non-hydrogen) atoms. The highest BCUT2D eigenvalue weighted by atomic mass is 19.4. The SMILES string of the molecule is C=CC(C/C(=C/c1ccc(F)nc1)OC(F)(F)F)CN1CCC2(CC1)COC(=O)N(c1ccc(C(=O)O)cc1)C2.CC. The molecule has 1 amide bonds. The van der Waals surface area contributed by atoms with Crippen molar-refractivity contribution in [1.29, 1.82) is 0 Å². The Morgan fingerprint density at radius 2 is 1.86 bits per heavy atom. The summed E-state index contributed by atoms with van der Waals surface area (Å²) in [6, 6.07) is 8.38. The molecule has 1 aromatic heterocycles. The topological polar surface area (TPSA) is 92.2 Å². The molecule has 3 heterocycles. The van der Waals surface area contributed by atoms with Crippen LogP contribution in [0.1, 0.15) is 49.0 Å². The first kappa shape index (κ1) is 32.6. The number of ether oxygens (including phenoxy) is 2. The second-order valence-corrected chi connectivity index (χ2v) is 10.1. The number of carbonyl (C=O) groups excluding carboxylic acids is 1. The van der Waals surface area contributed by atoms with Gasteiger partial charge in [0.05, 0.1) is 5.56 Å². The minimum absolute atomic E-state index is 0.0697. The monoisotopic (exact) mass is 593 g/mol. The Bertz CT molecular complexity index is 1240. The lowest BCUT2D eigenvalue weighted by atomic mass is 9.77. The van der Waals surface area contributed by atoms with E-state index < -0.39 is 24.4 Å². The van der Waals surface area contributed by atoms with Crippen LogP contribution >= 0.6 is 0 Å². The Kier molecular flexibility index (Phi) is 11.1. The molecule has 1 atom stereocenters. The Morgan fingerprint density at radius 3 is 2.40 bits per heavy atom. The Hall–Kier alpha value is -3.93. The zero-order valence-electron chi connectivity index (χ0n) is 23.6. The number of carboxylic acids is 1. The van der Waals surface area contributed by atoms with Crippen LogP contribution in [0, 0.1) is 17.3 Å². The van der Waals surface area contributed by atoms with Gasteiger partial charge in [0.15, 0.2) is 0 Å². The average Bonchev–Trinajstić information content (AvgIpc) is 2.97. The number of piperidine rings is 1. The maximum Gasteiger partial charge on any atom is 0.572 e. The second kappa shape index (κ2) is 14.3. The van der Waals surface area contributed by atoms with E-state index in [1.165, 1.54) is 29.2 Å². The molecule has 2 aliphatic rings. The molecule has 1 unspecified atom stereocenters. The summed E-state index contributed by atoms with van der Waals surface area (Å²) in [5, 5.41) is 9.12. The lowest BCUT2D eigenvalue weighted by Gasteiger charge is -2.47. The fourth-order valence-corrected chi connectivity index (χ4v) is 4.98. The maximum absolute atomic E-state index is 13.1. The number of nitrogens with zero attached hydrogens (tertiary/aromatic N) is 3. The number of benzene rings is 1. The predicted octanol–water partition coefficient (Wildman–Crippen LogP) is 6.75. The molecular weight excluding hydrogens is 558 g/mol. The van der Waals surface area contributed by atoms with Crippen LogP contribution in [0.15, 0.2) is 61.0 Å². The van der Waals surface area contributed by atoms with E-state index in [2.05, 4.69) is 21.2 Å². The molecule has 1 aromatic carbocycles. The number of carbonyl (C=O) groups is 2. The molecule has 12 heteroatoms. The zero-order chi connectivity index (χ0) is 30.9. The number of aromatic carboxylic acids is 1. The minimum atomic E-state index is -4.89. The summed E-state index contributed by atoms with van der Waals surface area (Å²) in [4.78, 5) is 30.7. The first-order chi connectivity index (χ1) is 19.9. The fourth-order valence-electron chi connectivity index (χ4n) is 4.98. The van der Waals surface area contributed by atoms with Crippen molar-refractivity contribution in [2.75, 3.05) is 37.7 Å². The van der Waals surface area contributed by atoms with Crippen molar-refractivity contribution in [3.05, 3.63) is 78.1 Å². The molecule has 4 rings (SSSR count). The van der Waals surface area contributed by atoms with E-state index in [9.17, 15) is 27.2 Å². The number of anilines is 1. The third kappa shape index (κ3) is 9.04. The molecule has 0 radical (unpaired) electrons. The number of hydrogen-bond acceptors (Lipinski definition) is 6. The summed E-state index contributed by atoms with van der Waals surface area (Å²) in [6.45, 7) is 10.2. The molecule has 0 bridgehead atoms. The van der Waals surface area contributed by atoms with Crippen molar-refractivity contribution in [2.24, 2.45) is 11.3 Å². The molecule has 2 fully saturated rings. The van der Waals surface area contributed by atoms with Gasteiger partial charge in [0, 0.05) is 36.8 Å². The molecule has 8 nitrogen and oxygen atoms in total. The largest absolute Gasteiger partial charge is 0.572 e. The molecular formula is C30H35F4N3O5. The number of allylic oxidation sites excluding steroid dienone is 1. The number of halogens is 4. The Morgan fingerprint density at radius 1 is 1.19 bits per heavy atom. The van der Waals surface area contributed by atoms with Gasteiger partial charge in [-0.2, -0.15) is 4.39 Å². The van der Waals surface area contributed by atoms with Gasteiger partial charge in [-0.1, -0.05) is 19.9 Å². The number of aromatic nitrogens is 1. The molecule has 2 aromatic rings. The van der Waals surface area contributed by atoms with Crippen LogP contribution in [0.2, 0.25) is 0 Å². The number of carboxylic acid groups (broad SMARTS) is 1. The van der Waals surface area contributed by atoms with E-state index in [-0.39, 0.29) is 41.2 Å². The summed E-state index contributed by atoms with van der Waals surface area (Å²) in [5.41, 5.74) is 0.627. The van der Waals surface area contributed by atoms with E-state index in [1.54, 1.807) is 18.2 Å². The van der Waals surface area contributed by atoms with Crippen LogP contribution in [-0.2, 0) is 9.47 Å². The highest BCUT2D eigenvalue weighted by molar-refractivity contribution is 5.91. The fraction of sp³-hybridized carbons (Fsp3) is 0.433. The highest BCUT2D eigenvalue weighted by Crippen LogP contribution is 2.38. The summed E-state index contributed by atoms with van der Waals surface area (Å²) in [5.74, 6) is -2.49. The van der Waals surface area contributed by atoms with Gasteiger partial charge in [0.1, 0.15) is 12.4 Å². The summed E-state index contributed by atoms with van der Waals surface area (Å²) in [6.07, 6.45) is -0.165. The normalized spacial score (nSPS) is 18.0. The van der Waals surface area contributed by atoms with E-state index in [0.717, 1.165) is 12.3 Å². The van der Waals surface area contributed by atoms with Gasteiger partial charge in [0.2, 0.25) is 5.95 Å². The van der Waals surface area contributed by atoms with Gasteiger partial charge in [-0.3, -0.25) is 4.90 Å². The number of rotatable bonds is 9. The second-order valence-electron chi connectivity index (χ2n) is 10.1. The van der Waals surface area contributed by atoms with Gasteiger partial charge in [0.25, 0.3) is 0 Å². The highest BCUT2D eigenvalue weighted by Gasteiger charge is 2.43. The van der Waals surface area contributed by atoms with E-state index >= 15 is 0 Å². The predicted molar refractivity (Wildman–Crippen MR) is 149 cm³/mol. The van der Waals surface area contributed by atoms with Crippen molar-refractivity contribution in [2.45, 2.75) is 39.5 Å². The van der Waals surface area contributed by atoms with Gasteiger partial charge < -0.3 is 19.5 Å². The van der Waals surface area contributed by atoms with Crippen molar-refractivity contribution in [1.82, 2.24) is 9.88 Å². The molecule has 228 valence electrons. The molecule has 1 spiro atoms. The van der Waals surface area contributed by atoms with E-state index in [4.69, 9.17) is 9.84 Å². The molecule has 1 N–H and O–H groups in total. The number of likely N-dealkylation sites (tertiary alicyclic amines) is 1. The van der Waals surface area contributed by atoms with Crippen molar-refractivity contribution < 1.29 is 41.7 Å². The Balaban J connectivity index is 0.00000237. The van der Waals surface area contributed by atoms with Gasteiger partial charge in [-0.25, -0.2) is 14.6 Å². The van der Waals surface area contributed by atoms with Crippen LogP contribution in [0.5, 0.6) is 0 Å². The average molecular weight is 594 g/mol. The zero-order valence-corrected chi connectivity index (χ0v) is 23.6. The molecule has 2 saturated heterocycles. The minimum Gasteiger partial charge on any atom is -0.478 e. The van der Waals surface area contributed by atoms with E-state index in [0.29, 0.717) is 44.7 Å². The van der Waals surface area contributed by atoms with Crippen LogP contribution in [0.25, 0.3) is 6.08 Å². The smallest absolute Gasteiger partial charge is 0.478 e. The first-order valence-corrected chi connectivity index (χ1v) is 13.7. The van der Waals surface area contributed by atoms with Crippen LogP contribution < -0.4 is 4.90 Å². The molecule has 2 aliphatic heterocycles. The van der Waals surface area contributed by atoms with Crippen molar-refractivity contribution in [3.63, 3.8) is 0 Å². The summed E-state index contributed by atoms with van der Waals surface area (Å²) >= 11 is 0. The standard InChI is InChI=1S/C28H29F4N3O5.C2H6/c1-2-19(13-23(40-28(30,31)32)14-20-3-8-24(29)33-15-20)16-34-11-9-27(10-12-34)17-35(26(38)39-18-27)22-6-4-21(5-7-22)25(36)37;1-2/h2-8,14-15,19H,1,9-13,16-18H2,(H,36,37);1-2H3/b23-14-;.